The molecule has 0 aliphatic carbocycles. The van der Waals surface area contributed by atoms with Crippen molar-refractivity contribution < 1.29 is 0 Å². The molecule has 1 fully saturated rings. The molecule has 1 saturated heterocycles. The minimum Gasteiger partial charge on any atom is -0.302 e. The van der Waals surface area contributed by atoms with Crippen LogP contribution >= 0.6 is 27.7 Å². The van der Waals surface area contributed by atoms with Crippen molar-refractivity contribution in [2.24, 2.45) is 5.92 Å². The van der Waals surface area contributed by atoms with Gasteiger partial charge in [0.2, 0.25) is 0 Å². The van der Waals surface area contributed by atoms with Crippen LogP contribution in [-0.2, 0) is 0 Å². The van der Waals surface area contributed by atoms with Crippen molar-refractivity contribution in [2.45, 2.75) is 31.5 Å². The summed E-state index contributed by atoms with van der Waals surface area (Å²) in [4.78, 5) is 3.32. The highest BCUT2D eigenvalue weighted by molar-refractivity contribution is 9.09. The molecule has 0 aromatic rings. The Morgan fingerprint density at radius 2 is 2.07 bits per heavy atom. The number of nitrogens with zero attached hydrogens (tertiary/aromatic N) is 1. The first-order valence-corrected chi connectivity index (χ1v) is 7.75. The van der Waals surface area contributed by atoms with Gasteiger partial charge in [-0.15, -0.1) is 0 Å². The monoisotopic (exact) mass is 279 g/mol. The normalized spacial score (nSPS) is 22.5. The van der Waals surface area contributed by atoms with Crippen molar-refractivity contribution in [1.82, 2.24) is 4.90 Å². The van der Waals surface area contributed by atoms with E-state index in [-0.39, 0.29) is 0 Å². The summed E-state index contributed by atoms with van der Waals surface area (Å²) in [6, 6.07) is 0. The lowest BCUT2D eigenvalue weighted by atomic mass is 9.94. The molecule has 1 unspecified atom stereocenters. The average Bonchev–Trinajstić information content (AvgIpc) is 2.19. The van der Waals surface area contributed by atoms with E-state index in [1.807, 2.05) is 0 Å². The Hall–Kier alpha value is 0.790. The molecular formula is C11H22BrNS. The molecule has 1 aliphatic rings. The van der Waals surface area contributed by atoms with Crippen LogP contribution in [0.4, 0.5) is 0 Å². The van der Waals surface area contributed by atoms with Gasteiger partial charge in [0.25, 0.3) is 0 Å². The minimum absolute atomic E-state index is 0.703. The molecule has 0 aromatic carbocycles. The minimum atomic E-state index is 0.703. The van der Waals surface area contributed by atoms with Crippen molar-refractivity contribution in [2.75, 3.05) is 31.1 Å². The molecule has 84 valence electrons. The molecule has 0 bridgehead atoms. The predicted molar refractivity (Wildman–Crippen MR) is 70.6 cm³/mol. The van der Waals surface area contributed by atoms with Gasteiger partial charge in [-0.2, -0.15) is 11.8 Å². The number of hydrogen-bond acceptors (Lipinski definition) is 2. The molecule has 14 heavy (non-hydrogen) atoms. The van der Waals surface area contributed by atoms with Crippen LogP contribution in [0.5, 0.6) is 0 Å². The molecule has 1 atom stereocenters. The Bertz CT molecular complexity index is 144. The molecular weight excluding hydrogens is 258 g/mol. The molecule has 1 rings (SSSR count). The summed E-state index contributed by atoms with van der Waals surface area (Å²) in [7, 11) is 0. The van der Waals surface area contributed by atoms with Gasteiger partial charge in [-0.05, 0) is 37.6 Å². The maximum atomic E-state index is 3.70. The van der Waals surface area contributed by atoms with E-state index in [1.165, 1.54) is 44.0 Å². The Balaban J connectivity index is 2.09. The fourth-order valence-electron chi connectivity index (χ4n) is 1.97. The van der Waals surface area contributed by atoms with Crippen LogP contribution in [0.2, 0.25) is 0 Å². The topological polar surface area (TPSA) is 3.24 Å². The first kappa shape index (κ1) is 12.9. The molecule has 1 heterocycles. The first-order valence-electron chi connectivity index (χ1n) is 5.68. The quantitative estimate of drug-likeness (QED) is 0.562. The lowest BCUT2D eigenvalue weighted by Gasteiger charge is -2.33. The Morgan fingerprint density at radius 3 is 2.57 bits per heavy atom. The van der Waals surface area contributed by atoms with Gasteiger partial charge < -0.3 is 4.90 Å². The number of halogens is 1. The molecule has 3 heteroatoms. The highest BCUT2D eigenvalue weighted by Crippen LogP contribution is 2.24. The molecule has 0 aromatic heterocycles. The number of likely N-dealkylation sites (tertiary alicyclic amines) is 1. The third kappa shape index (κ3) is 4.54. The molecule has 0 spiro atoms. The van der Waals surface area contributed by atoms with E-state index in [2.05, 4.69) is 46.4 Å². The number of rotatable bonds is 5. The molecule has 0 saturated carbocycles. The van der Waals surface area contributed by atoms with Crippen molar-refractivity contribution in [3.63, 3.8) is 0 Å². The van der Waals surface area contributed by atoms with Crippen LogP contribution in [0.25, 0.3) is 0 Å². The molecule has 0 radical (unpaired) electrons. The fraction of sp³-hybridized carbons (Fsp3) is 1.00. The second kappa shape index (κ2) is 7.13. The summed E-state index contributed by atoms with van der Waals surface area (Å²) < 4.78 is 0. The van der Waals surface area contributed by atoms with Gasteiger partial charge in [-0.25, -0.2) is 0 Å². The number of alkyl halides is 1. The van der Waals surface area contributed by atoms with Gasteiger partial charge in [0.15, 0.2) is 0 Å². The second-order valence-corrected chi connectivity index (χ2v) is 6.89. The molecule has 0 amide bonds. The lowest BCUT2D eigenvalue weighted by Crippen LogP contribution is -2.37. The highest BCUT2D eigenvalue weighted by Gasteiger charge is 2.21. The van der Waals surface area contributed by atoms with Gasteiger partial charge in [-0.3, -0.25) is 0 Å². The summed E-state index contributed by atoms with van der Waals surface area (Å²) in [5, 5.41) is 0. The second-order valence-electron chi connectivity index (χ2n) is 4.05. The average molecular weight is 280 g/mol. The number of piperidine rings is 1. The van der Waals surface area contributed by atoms with Crippen molar-refractivity contribution in [1.29, 1.82) is 0 Å². The summed E-state index contributed by atoms with van der Waals surface area (Å²) >= 11 is 5.75. The van der Waals surface area contributed by atoms with E-state index in [9.17, 15) is 0 Å². The smallest absolute Gasteiger partial charge is 0.0146 e. The Kier molecular flexibility index (Phi) is 6.55. The molecule has 1 aliphatic heterocycles. The zero-order valence-electron chi connectivity index (χ0n) is 9.34. The summed E-state index contributed by atoms with van der Waals surface area (Å²) in [5.74, 6) is 3.48. The lowest BCUT2D eigenvalue weighted by molar-refractivity contribution is 0.195. The van der Waals surface area contributed by atoms with Gasteiger partial charge in [-0.1, -0.05) is 29.8 Å². The van der Waals surface area contributed by atoms with Crippen LogP contribution in [0.15, 0.2) is 0 Å². The SMILES string of the molecule is CCSCCN1CCC(C(C)Br)CC1. The summed E-state index contributed by atoms with van der Waals surface area (Å²) in [6.07, 6.45) is 2.76. The van der Waals surface area contributed by atoms with Crippen molar-refractivity contribution >= 4 is 27.7 Å². The van der Waals surface area contributed by atoms with Gasteiger partial charge in [0.05, 0.1) is 0 Å². The molecule has 0 N–H and O–H groups in total. The van der Waals surface area contributed by atoms with Crippen molar-refractivity contribution in [3.05, 3.63) is 0 Å². The Labute approximate surface area is 101 Å². The van der Waals surface area contributed by atoms with Crippen LogP contribution in [0.1, 0.15) is 26.7 Å². The van der Waals surface area contributed by atoms with E-state index < -0.39 is 0 Å². The van der Waals surface area contributed by atoms with Crippen molar-refractivity contribution in [3.8, 4) is 0 Å². The Morgan fingerprint density at radius 1 is 1.43 bits per heavy atom. The van der Waals surface area contributed by atoms with E-state index in [4.69, 9.17) is 0 Å². The standard InChI is InChI=1S/C11H22BrNS/c1-3-14-9-8-13-6-4-11(5-7-13)10(2)12/h10-11H,3-9H2,1-2H3. The van der Waals surface area contributed by atoms with Crippen LogP contribution in [0, 0.1) is 5.92 Å². The number of hydrogen-bond donors (Lipinski definition) is 0. The third-order valence-corrected chi connectivity index (χ3v) is 4.66. The van der Waals surface area contributed by atoms with Gasteiger partial charge in [0.1, 0.15) is 0 Å². The van der Waals surface area contributed by atoms with E-state index in [0.717, 1.165) is 5.92 Å². The predicted octanol–water partition coefficient (Wildman–Crippen LogP) is 3.23. The zero-order valence-corrected chi connectivity index (χ0v) is 11.7. The van der Waals surface area contributed by atoms with Crippen LogP contribution in [0.3, 0.4) is 0 Å². The summed E-state index contributed by atoms with van der Waals surface area (Å²) in [6.45, 7) is 8.44. The van der Waals surface area contributed by atoms with E-state index in [0.29, 0.717) is 4.83 Å². The van der Waals surface area contributed by atoms with E-state index >= 15 is 0 Å². The van der Waals surface area contributed by atoms with Crippen LogP contribution < -0.4 is 0 Å². The third-order valence-electron chi connectivity index (χ3n) is 3.04. The van der Waals surface area contributed by atoms with Crippen LogP contribution in [-0.4, -0.2) is 40.9 Å². The van der Waals surface area contributed by atoms with E-state index in [1.54, 1.807) is 0 Å². The highest BCUT2D eigenvalue weighted by atomic mass is 79.9. The number of thioether (sulfide) groups is 1. The largest absolute Gasteiger partial charge is 0.302 e. The fourth-order valence-corrected chi connectivity index (χ4v) is 3.18. The maximum absolute atomic E-state index is 3.70. The van der Waals surface area contributed by atoms with Gasteiger partial charge in [0, 0.05) is 17.1 Å². The molecule has 1 nitrogen and oxygen atoms in total. The first-order chi connectivity index (χ1) is 6.74. The maximum Gasteiger partial charge on any atom is 0.0146 e. The summed E-state index contributed by atoms with van der Waals surface area (Å²) in [5.41, 5.74) is 0. The zero-order chi connectivity index (χ0) is 10.4. The van der Waals surface area contributed by atoms with Gasteiger partial charge >= 0.3 is 0 Å².